The molecule has 6 fully saturated rings. The maximum Gasteiger partial charge on any atom is 0.308 e. The molecule has 0 aromatic rings. The molecule has 14 heteroatoms. The van der Waals surface area contributed by atoms with Gasteiger partial charge in [-0.05, 0) is 88.5 Å². The molecule has 6 aliphatic rings. The summed E-state index contributed by atoms with van der Waals surface area (Å²) >= 11 is 0. The number of carbonyl (C=O) groups excluding carboxylic acids is 1. The van der Waals surface area contributed by atoms with Crippen molar-refractivity contribution in [1.29, 1.82) is 0 Å². The van der Waals surface area contributed by atoms with E-state index < -0.39 is 97.6 Å². The van der Waals surface area contributed by atoms with Gasteiger partial charge in [0.1, 0.15) is 36.9 Å². The van der Waals surface area contributed by atoms with Crippen LogP contribution >= 0.6 is 0 Å². The van der Waals surface area contributed by atoms with E-state index in [1.165, 1.54) is 12.8 Å². The second-order valence-corrected chi connectivity index (χ2v) is 17.2. The van der Waals surface area contributed by atoms with Gasteiger partial charge in [-0.2, -0.15) is 0 Å². The van der Waals surface area contributed by atoms with Gasteiger partial charge in [0.25, 0.3) is 0 Å². The molecule has 0 radical (unpaired) electrons. The summed E-state index contributed by atoms with van der Waals surface area (Å²) in [6, 6.07) is -0.333. The zero-order valence-electron chi connectivity index (χ0n) is 31.6. The number of alkyl halides is 8. The van der Waals surface area contributed by atoms with Crippen LogP contribution in [0.15, 0.2) is 11.6 Å². The third kappa shape index (κ3) is 10.1. The molecule has 6 nitrogen and oxygen atoms in total. The van der Waals surface area contributed by atoms with Crippen molar-refractivity contribution >= 4 is 11.8 Å². The fourth-order valence-corrected chi connectivity index (χ4v) is 10.2. The van der Waals surface area contributed by atoms with Crippen LogP contribution in [-0.2, 0) is 23.7 Å². The molecule has 6 rings (SSSR count). The Bertz CT molecular complexity index is 1230. The van der Waals surface area contributed by atoms with Gasteiger partial charge in [0.15, 0.2) is 24.7 Å². The second kappa shape index (κ2) is 19.8. The van der Waals surface area contributed by atoms with Crippen molar-refractivity contribution in [3.63, 3.8) is 0 Å². The Morgan fingerprint density at radius 3 is 1.51 bits per heavy atom. The van der Waals surface area contributed by atoms with Gasteiger partial charge in [-0.15, -0.1) is 0 Å². The Morgan fingerprint density at radius 2 is 1.02 bits per heavy atom. The summed E-state index contributed by atoms with van der Waals surface area (Å²) in [6.07, 6.45) is -17.5. The predicted molar refractivity (Wildman–Crippen MR) is 190 cm³/mol. The molecule has 0 aliphatic heterocycles. The van der Waals surface area contributed by atoms with E-state index in [-0.39, 0.29) is 37.7 Å². The van der Waals surface area contributed by atoms with Crippen LogP contribution in [0.5, 0.6) is 0 Å². The normalized spacial score (nSPS) is 45.1. The van der Waals surface area contributed by atoms with Crippen LogP contribution in [0.25, 0.3) is 0 Å². The monoisotopic (exact) mass is 797 g/mol. The molecule has 0 heterocycles. The lowest BCUT2D eigenvalue weighted by molar-refractivity contribution is -0.217. The molecular formula is C41H59F8NO5. The highest BCUT2D eigenvalue weighted by atomic mass is 19.2. The Labute approximate surface area is 319 Å². The Kier molecular flexibility index (Phi) is 15.4. The molecule has 11 unspecified atom stereocenters. The van der Waals surface area contributed by atoms with E-state index in [4.69, 9.17) is 18.9 Å². The summed E-state index contributed by atoms with van der Waals surface area (Å²) in [6.45, 7) is 4.34. The summed E-state index contributed by atoms with van der Waals surface area (Å²) in [5.41, 5.74) is 0. The second-order valence-electron chi connectivity index (χ2n) is 17.2. The van der Waals surface area contributed by atoms with Crippen LogP contribution in [0.3, 0.4) is 0 Å². The summed E-state index contributed by atoms with van der Waals surface area (Å²) in [5, 5.41) is 0. The lowest BCUT2D eigenvalue weighted by Crippen LogP contribution is -2.65. The van der Waals surface area contributed by atoms with Gasteiger partial charge < -0.3 is 18.9 Å². The summed E-state index contributed by atoms with van der Waals surface area (Å²) < 4.78 is 149. The average molecular weight is 798 g/mol. The highest BCUT2D eigenvalue weighted by molar-refractivity contribution is 5.72. The van der Waals surface area contributed by atoms with Crippen LogP contribution in [0, 0.1) is 29.6 Å². The van der Waals surface area contributed by atoms with Gasteiger partial charge in [-0.3, -0.25) is 4.79 Å². The van der Waals surface area contributed by atoms with E-state index in [1.807, 2.05) is 0 Å². The summed E-state index contributed by atoms with van der Waals surface area (Å²) in [5.74, 6) is -2.86. The van der Waals surface area contributed by atoms with Gasteiger partial charge >= 0.3 is 5.97 Å². The molecule has 0 amide bonds. The van der Waals surface area contributed by atoms with Crippen molar-refractivity contribution in [2.45, 2.75) is 195 Å². The van der Waals surface area contributed by atoms with Crippen LogP contribution in [0.4, 0.5) is 35.1 Å². The lowest BCUT2D eigenvalue weighted by atomic mass is 9.66. The molecule has 0 saturated heterocycles. The van der Waals surface area contributed by atoms with Crippen molar-refractivity contribution in [2.24, 2.45) is 34.6 Å². The molecule has 0 aromatic heterocycles. The molecule has 6 saturated carbocycles. The van der Waals surface area contributed by atoms with E-state index in [0.717, 1.165) is 51.4 Å². The van der Waals surface area contributed by atoms with Crippen LogP contribution in [-0.4, -0.2) is 111 Å². The number of hydrogen-bond acceptors (Lipinski definition) is 6. The number of nitrogens with zero attached hydrogens (tertiary/aromatic N) is 1. The average Bonchev–Trinajstić information content (AvgIpc) is 3.21. The quantitative estimate of drug-likeness (QED) is 0.112. The van der Waals surface area contributed by atoms with Gasteiger partial charge in [-0.1, -0.05) is 38.5 Å². The van der Waals surface area contributed by atoms with E-state index >= 15 is 35.1 Å². The minimum Gasteiger partial charge on any atom is -0.465 e. The predicted octanol–water partition coefficient (Wildman–Crippen LogP) is 9.15. The number of halogens is 8. The largest absolute Gasteiger partial charge is 0.465 e. The molecular weight excluding hydrogens is 738 g/mol. The minimum atomic E-state index is -3.00. The van der Waals surface area contributed by atoms with E-state index in [0.29, 0.717) is 44.3 Å². The van der Waals surface area contributed by atoms with Crippen molar-refractivity contribution < 1.29 is 58.9 Å². The Balaban J connectivity index is 1.02. The number of carbonyl (C=O) groups is 1. The van der Waals surface area contributed by atoms with Crippen molar-refractivity contribution in [2.75, 3.05) is 13.2 Å². The standard InChI is InChI=1S/C41H59F8NO5/c1-2-50-27-18-17-26(19-28(27)52-20-22-9-5-3-6-10-22)55-40-37(48)33(44)30(34(45)38(40)49)29-31(42)35(46)39(36(47)32(29)43)54-25-15-13-24(14-16-25)41(51)53-21-23-11-7-4-8-12-23/h22-40H,1,3-21H2. The van der Waals surface area contributed by atoms with Gasteiger partial charge in [0.2, 0.25) is 0 Å². The molecule has 6 aliphatic carbocycles. The minimum absolute atomic E-state index is 0.137. The maximum absolute atomic E-state index is 15.8. The molecule has 55 heavy (non-hydrogen) atoms. The Hall–Kier alpha value is -1.76. The third-order valence-electron chi connectivity index (χ3n) is 13.5. The maximum atomic E-state index is 15.8. The number of aliphatic imine (C=N–C) groups is 1. The van der Waals surface area contributed by atoms with Gasteiger partial charge in [-0.25, -0.2) is 40.1 Å². The first kappa shape index (κ1) is 42.8. The topological polar surface area (TPSA) is 66.4 Å². The first-order valence-corrected chi connectivity index (χ1v) is 20.9. The number of ether oxygens (including phenoxy) is 4. The molecule has 0 bridgehead atoms. The molecule has 0 spiro atoms. The van der Waals surface area contributed by atoms with E-state index in [1.54, 1.807) is 0 Å². The SMILES string of the molecule is C=C=NC1CCC(OC2C(F)C(F)C(C3C(F)C(F)C(OC4CCC(C(=O)OCC5CCCCC5)CC4)C(F)C3F)C(F)C2F)CC1OCC1CCCCC1. The van der Waals surface area contributed by atoms with Gasteiger partial charge in [0.05, 0.1) is 36.9 Å². The number of hydrogen-bond donors (Lipinski definition) is 0. The smallest absolute Gasteiger partial charge is 0.308 e. The molecule has 314 valence electrons. The number of rotatable bonds is 12. The van der Waals surface area contributed by atoms with E-state index in [9.17, 15) is 4.79 Å². The first-order chi connectivity index (χ1) is 26.5. The summed E-state index contributed by atoms with van der Waals surface area (Å²) in [4.78, 5) is 16.9. The number of esters is 1. The van der Waals surface area contributed by atoms with Crippen LogP contribution in [0.2, 0.25) is 0 Å². The zero-order valence-corrected chi connectivity index (χ0v) is 31.6. The Morgan fingerprint density at radius 1 is 0.564 bits per heavy atom. The van der Waals surface area contributed by atoms with E-state index in [2.05, 4.69) is 17.4 Å². The van der Waals surface area contributed by atoms with Crippen LogP contribution < -0.4 is 0 Å². The van der Waals surface area contributed by atoms with Crippen molar-refractivity contribution in [3.05, 3.63) is 6.58 Å². The highest BCUT2D eigenvalue weighted by Crippen LogP contribution is 2.49. The van der Waals surface area contributed by atoms with Gasteiger partial charge in [0, 0.05) is 24.9 Å². The fourth-order valence-electron chi connectivity index (χ4n) is 10.2. The summed E-state index contributed by atoms with van der Waals surface area (Å²) in [7, 11) is 0. The zero-order chi connectivity index (χ0) is 39.2. The van der Waals surface area contributed by atoms with Crippen LogP contribution in [0.1, 0.15) is 109 Å². The first-order valence-electron chi connectivity index (χ1n) is 20.9. The molecule has 0 N–H and O–H groups in total. The van der Waals surface area contributed by atoms with Crippen molar-refractivity contribution in [1.82, 2.24) is 0 Å². The molecule has 11 atom stereocenters. The third-order valence-corrected chi connectivity index (χ3v) is 13.5. The fraction of sp³-hybridized carbons (Fsp3) is 0.927. The van der Waals surface area contributed by atoms with Crippen molar-refractivity contribution in [3.8, 4) is 0 Å². The molecule has 0 aromatic carbocycles. The highest BCUT2D eigenvalue weighted by Gasteiger charge is 2.64. The lowest BCUT2D eigenvalue weighted by Gasteiger charge is -2.49.